The lowest BCUT2D eigenvalue weighted by Gasteiger charge is -2.02. The highest BCUT2D eigenvalue weighted by atomic mass is 15.1. The molecule has 0 radical (unpaired) electrons. The number of rotatable bonds is 1. The van der Waals surface area contributed by atoms with Crippen molar-refractivity contribution in [1.29, 1.82) is 0 Å². The molecule has 3 nitrogen and oxygen atoms in total. The van der Waals surface area contributed by atoms with Crippen LogP contribution in [0.15, 0.2) is 30.6 Å². The summed E-state index contributed by atoms with van der Waals surface area (Å²) in [6.45, 7) is 1.99. The second kappa shape index (κ2) is 2.94. The summed E-state index contributed by atoms with van der Waals surface area (Å²) in [6.07, 6.45) is 3.63. The highest BCUT2D eigenvalue weighted by Gasteiger charge is 2.00. The third-order valence-electron chi connectivity index (χ3n) is 2.11. The second-order valence-electron chi connectivity index (χ2n) is 3.06. The smallest absolute Gasteiger partial charge is 0.0565 e. The maximum absolute atomic E-state index is 5.80. The summed E-state index contributed by atoms with van der Waals surface area (Å²) in [7, 11) is 0. The Morgan fingerprint density at radius 3 is 2.77 bits per heavy atom. The van der Waals surface area contributed by atoms with Crippen molar-refractivity contribution >= 4 is 5.69 Å². The molecule has 0 saturated carbocycles. The number of nitrogens with zero attached hydrogens (tertiary/aromatic N) is 1. The van der Waals surface area contributed by atoms with Gasteiger partial charge in [-0.25, -0.2) is 0 Å². The molecule has 3 heteroatoms. The van der Waals surface area contributed by atoms with E-state index in [1.54, 1.807) is 6.20 Å². The number of H-pyrrole nitrogens is 1. The van der Waals surface area contributed by atoms with Gasteiger partial charge in [0.05, 0.1) is 6.20 Å². The van der Waals surface area contributed by atoms with Gasteiger partial charge in [0.25, 0.3) is 0 Å². The van der Waals surface area contributed by atoms with Gasteiger partial charge in [0, 0.05) is 17.4 Å². The molecule has 13 heavy (non-hydrogen) atoms. The summed E-state index contributed by atoms with van der Waals surface area (Å²) < 4.78 is 0. The fraction of sp³-hybridized carbons (Fsp3) is 0.100. The molecule has 1 aromatic carbocycles. The zero-order valence-corrected chi connectivity index (χ0v) is 7.41. The number of aryl methyl sites for hydroxylation is 1. The van der Waals surface area contributed by atoms with Gasteiger partial charge in [0.2, 0.25) is 0 Å². The molecule has 0 fully saturated rings. The lowest BCUT2D eigenvalue weighted by Crippen LogP contribution is -1.89. The lowest BCUT2D eigenvalue weighted by atomic mass is 10.1. The van der Waals surface area contributed by atoms with Crippen molar-refractivity contribution in [3.05, 3.63) is 36.2 Å². The van der Waals surface area contributed by atoms with E-state index in [9.17, 15) is 0 Å². The summed E-state index contributed by atoms with van der Waals surface area (Å²) in [4.78, 5) is 0. The highest BCUT2D eigenvalue weighted by molar-refractivity contribution is 5.67. The molecule has 2 rings (SSSR count). The first-order chi connectivity index (χ1) is 6.27. The van der Waals surface area contributed by atoms with Crippen molar-refractivity contribution in [2.24, 2.45) is 0 Å². The van der Waals surface area contributed by atoms with Crippen LogP contribution in [0.1, 0.15) is 5.56 Å². The van der Waals surface area contributed by atoms with E-state index in [1.807, 2.05) is 31.3 Å². The van der Waals surface area contributed by atoms with Gasteiger partial charge in [-0.3, -0.25) is 5.10 Å². The first-order valence-electron chi connectivity index (χ1n) is 4.12. The van der Waals surface area contributed by atoms with E-state index in [1.165, 1.54) is 0 Å². The van der Waals surface area contributed by atoms with Crippen LogP contribution in [0, 0.1) is 6.92 Å². The molecule has 0 aliphatic carbocycles. The van der Waals surface area contributed by atoms with Gasteiger partial charge in [0.15, 0.2) is 0 Å². The third kappa shape index (κ3) is 1.40. The number of aromatic amines is 1. The Balaban J connectivity index is 2.49. The molecular weight excluding hydrogens is 162 g/mol. The Hall–Kier alpha value is -1.77. The predicted molar refractivity (Wildman–Crippen MR) is 53.2 cm³/mol. The molecule has 2 aromatic rings. The SMILES string of the molecule is Cc1ccc(-c2cn[nH]c2)cc1N. The average molecular weight is 173 g/mol. The van der Waals surface area contributed by atoms with Crippen molar-refractivity contribution < 1.29 is 0 Å². The van der Waals surface area contributed by atoms with Crippen LogP contribution in [0.3, 0.4) is 0 Å². The van der Waals surface area contributed by atoms with Crippen LogP contribution in [0.25, 0.3) is 11.1 Å². The minimum atomic E-state index is 0.818. The minimum absolute atomic E-state index is 0.818. The molecule has 3 N–H and O–H groups in total. The minimum Gasteiger partial charge on any atom is -0.398 e. The van der Waals surface area contributed by atoms with Crippen LogP contribution in [-0.2, 0) is 0 Å². The molecule has 0 aliphatic rings. The van der Waals surface area contributed by atoms with Crippen LogP contribution >= 0.6 is 0 Å². The average Bonchev–Trinajstić information content (AvgIpc) is 2.62. The van der Waals surface area contributed by atoms with Crippen LogP contribution in [0.5, 0.6) is 0 Å². The van der Waals surface area contributed by atoms with E-state index in [0.29, 0.717) is 0 Å². The second-order valence-corrected chi connectivity index (χ2v) is 3.06. The number of aromatic nitrogens is 2. The topological polar surface area (TPSA) is 54.7 Å². The zero-order chi connectivity index (χ0) is 9.26. The van der Waals surface area contributed by atoms with Crippen LogP contribution in [0.4, 0.5) is 5.69 Å². The van der Waals surface area contributed by atoms with Gasteiger partial charge in [-0.05, 0) is 24.1 Å². The standard InChI is InChI=1S/C10H11N3/c1-7-2-3-8(4-10(7)11)9-5-12-13-6-9/h2-6H,11H2,1H3,(H,12,13). The third-order valence-corrected chi connectivity index (χ3v) is 2.11. The van der Waals surface area contributed by atoms with Crippen molar-refractivity contribution in [3.63, 3.8) is 0 Å². The molecule has 1 aromatic heterocycles. The molecule has 0 saturated heterocycles. The van der Waals surface area contributed by atoms with Gasteiger partial charge in [-0.15, -0.1) is 0 Å². The number of hydrogen-bond acceptors (Lipinski definition) is 2. The molecule has 0 unspecified atom stereocenters. The van der Waals surface area contributed by atoms with Crippen molar-refractivity contribution in [2.75, 3.05) is 5.73 Å². The molecular formula is C10H11N3. The largest absolute Gasteiger partial charge is 0.398 e. The van der Waals surface area contributed by atoms with Gasteiger partial charge >= 0.3 is 0 Å². The zero-order valence-electron chi connectivity index (χ0n) is 7.41. The van der Waals surface area contributed by atoms with Crippen molar-refractivity contribution in [1.82, 2.24) is 10.2 Å². The quantitative estimate of drug-likeness (QED) is 0.648. The first-order valence-corrected chi connectivity index (χ1v) is 4.12. The van der Waals surface area contributed by atoms with Crippen molar-refractivity contribution in [3.8, 4) is 11.1 Å². The predicted octanol–water partition coefficient (Wildman–Crippen LogP) is 1.97. The fourth-order valence-electron chi connectivity index (χ4n) is 1.23. The van der Waals surface area contributed by atoms with E-state index < -0.39 is 0 Å². The maximum Gasteiger partial charge on any atom is 0.0565 e. The molecule has 66 valence electrons. The summed E-state index contributed by atoms with van der Waals surface area (Å²) in [5.41, 5.74) is 9.87. The molecule has 0 aliphatic heterocycles. The van der Waals surface area contributed by atoms with Gasteiger partial charge < -0.3 is 5.73 Å². The fourth-order valence-corrected chi connectivity index (χ4v) is 1.23. The van der Waals surface area contributed by atoms with Gasteiger partial charge in [0.1, 0.15) is 0 Å². The Morgan fingerprint density at radius 2 is 2.15 bits per heavy atom. The number of nitrogen functional groups attached to an aromatic ring is 1. The number of nitrogens with one attached hydrogen (secondary N) is 1. The van der Waals surface area contributed by atoms with Gasteiger partial charge in [-0.2, -0.15) is 5.10 Å². The van der Waals surface area contributed by atoms with E-state index in [2.05, 4.69) is 10.2 Å². The number of anilines is 1. The van der Waals surface area contributed by atoms with Crippen LogP contribution in [0.2, 0.25) is 0 Å². The Morgan fingerprint density at radius 1 is 1.31 bits per heavy atom. The first kappa shape index (κ1) is 7.86. The normalized spacial score (nSPS) is 10.2. The monoisotopic (exact) mass is 173 g/mol. The van der Waals surface area contributed by atoms with Crippen LogP contribution < -0.4 is 5.73 Å². The van der Waals surface area contributed by atoms with E-state index in [4.69, 9.17) is 5.73 Å². The molecule has 0 bridgehead atoms. The summed E-state index contributed by atoms with van der Waals surface area (Å²) in [6, 6.07) is 6.01. The highest BCUT2D eigenvalue weighted by Crippen LogP contribution is 2.22. The van der Waals surface area contributed by atoms with Crippen LogP contribution in [-0.4, -0.2) is 10.2 Å². The Bertz CT molecular complexity index is 404. The summed E-state index contributed by atoms with van der Waals surface area (Å²) in [5, 5.41) is 6.66. The lowest BCUT2D eigenvalue weighted by molar-refractivity contribution is 1.09. The van der Waals surface area contributed by atoms with E-state index in [0.717, 1.165) is 22.4 Å². The molecule has 1 heterocycles. The van der Waals surface area contributed by atoms with Gasteiger partial charge in [-0.1, -0.05) is 12.1 Å². The number of nitrogens with two attached hydrogens (primary N) is 1. The Kier molecular flexibility index (Phi) is 1.77. The molecule has 0 spiro atoms. The summed E-state index contributed by atoms with van der Waals surface area (Å²) >= 11 is 0. The molecule has 0 atom stereocenters. The summed E-state index contributed by atoms with van der Waals surface area (Å²) in [5.74, 6) is 0. The van der Waals surface area contributed by atoms with E-state index in [-0.39, 0.29) is 0 Å². The number of benzene rings is 1. The van der Waals surface area contributed by atoms with Crippen molar-refractivity contribution in [2.45, 2.75) is 6.92 Å². The maximum atomic E-state index is 5.80. The van der Waals surface area contributed by atoms with E-state index >= 15 is 0 Å². The molecule has 0 amide bonds. The Labute approximate surface area is 76.6 Å². The number of hydrogen-bond donors (Lipinski definition) is 2.